The molecule has 3 nitrogen and oxygen atoms in total. The molecule has 1 rings (SSSR count). The molecule has 1 N–H and O–H groups in total. The van der Waals surface area contributed by atoms with Gasteiger partial charge in [-0.3, -0.25) is 0 Å². The van der Waals surface area contributed by atoms with Crippen molar-refractivity contribution >= 4 is 5.70 Å². The smallest absolute Gasteiger partial charge is 0.153 e. The van der Waals surface area contributed by atoms with E-state index in [2.05, 4.69) is 12.2 Å². The van der Waals surface area contributed by atoms with Crippen LogP contribution in [0.1, 0.15) is 25.3 Å². The van der Waals surface area contributed by atoms with Crippen LogP contribution in [0.25, 0.3) is 5.70 Å². The van der Waals surface area contributed by atoms with Crippen molar-refractivity contribution < 1.29 is 0 Å². The summed E-state index contributed by atoms with van der Waals surface area (Å²) in [6.45, 7) is 2.87. The quantitative estimate of drug-likeness (QED) is 0.619. The molecule has 0 saturated carbocycles. The highest BCUT2D eigenvalue weighted by molar-refractivity contribution is 5.73. The average molecular weight is 225 g/mol. The second-order valence-electron chi connectivity index (χ2n) is 3.62. The highest BCUT2D eigenvalue weighted by Crippen LogP contribution is 2.15. The summed E-state index contributed by atoms with van der Waals surface area (Å²) in [5.74, 6) is 0. The molecule has 0 saturated heterocycles. The van der Waals surface area contributed by atoms with Gasteiger partial charge in [-0.05, 0) is 12.0 Å². The maximum atomic E-state index is 8.94. The van der Waals surface area contributed by atoms with Crippen molar-refractivity contribution in [2.45, 2.75) is 19.8 Å². The Balaban J connectivity index is 3.01. The minimum absolute atomic E-state index is 0.132. The fourth-order valence-corrected chi connectivity index (χ4v) is 1.47. The molecule has 0 atom stereocenters. The molecule has 0 aliphatic carbocycles. The summed E-state index contributed by atoms with van der Waals surface area (Å²) in [5.41, 5.74) is 1.64. The highest BCUT2D eigenvalue weighted by atomic mass is 14.9. The number of hydrogen-bond acceptors (Lipinski definition) is 3. The summed E-state index contributed by atoms with van der Waals surface area (Å²) in [6.07, 6.45) is 2.09. The van der Waals surface area contributed by atoms with Gasteiger partial charge in [0.2, 0.25) is 0 Å². The molecule has 0 radical (unpaired) electrons. The first-order valence-electron chi connectivity index (χ1n) is 5.67. The second kappa shape index (κ2) is 7.09. The molecule has 0 unspecified atom stereocenters. The van der Waals surface area contributed by atoms with Crippen LogP contribution in [-0.2, 0) is 0 Å². The molecule has 0 heterocycles. The Kier molecular flexibility index (Phi) is 5.34. The molecule has 86 valence electrons. The summed E-state index contributed by atoms with van der Waals surface area (Å²) >= 11 is 0. The van der Waals surface area contributed by atoms with E-state index >= 15 is 0 Å². The number of nitrogens with zero attached hydrogens (tertiary/aromatic N) is 2. The van der Waals surface area contributed by atoms with Gasteiger partial charge in [0.25, 0.3) is 0 Å². The van der Waals surface area contributed by atoms with Gasteiger partial charge in [0, 0.05) is 6.54 Å². The highest BCUT2D eigenvalue weighted by Gasteiger charge is 2.07. The van der Waals surface area contributed by atoms with Gasteiger partial charge in [0.15, 0.2) is 5.57 Å². The maximum Gasteiger partial charge on any atom is 0.153 e. The third-order valence-electron chi connectivity index (χ3n) is 2.37. The van der Waals surface area contributed by atoms with Gasteiger partial charge in [-0.1, -0.05) is 43.7 Å². The Morgan fingerprint density at radius 2 is 1.82 bits per heavy atom. The van der Waals surface area contributed by atoms with E-state index in [4.69, 9.17) is 10.5 Å². The van der Waals surface area contributed by atoms with Gasteiger partial charge in [-0.2, -0.15) is 10.5 Å². The van der Waals surface area contributed by atoms with Crippen LogP contribution >= 0.6 is 0 Å². The molecule has 1 aromatic carbocycles. The van der Waals surface area contributed by atoms with Crippen molar-refractivity contribution in [3.63, 3.8) is 0 Å². The Bertz CT molecular complexity index is 444. The molecule has 0 fully saturated rings. The number of nitrogens with one attached hydrogen (secondary N) is 1. The maximum absolute atomic E-state index is 8.94. The molecule has 0 spiro atoms. The largest absolute Gasteiger partial charge is 0.383 e. The number of nitriles is 2. The summed E-state index contributed by atoms with van der Waals surface area (Å²) in [7, 11) is 0. The van der Waals surface area contributed by atoms with E-state index in [0.717, 1.165) is 24.9 Å². The second-order valence-corrected chi connectivity index (χ2v) is 3.62. The van der Waals surface area contributed by atoms with Gasteiger partial charge in [0.1, 0.15) is 12.1 Å². The van der Waals surface area contributed by atoms with E-state index in [1.54, 1.807) is 0 Å². The van der Waals surface area contributed by atoms with Crippen LogP contribution in [0, 0.1) is 22.7 Å². The van der Waals surface area contributed by atoms with Crippen molar-refractivity contribution in [3.05, 3.63) is 41.5 Å². The summed E-state index contributed by atoms with van der Waals surface area (Å²) in [4.78, 5) is 0. The molecular weight excluding hydrogens is 210 g/mol. The average Bonchev–Trinajstić information content (AvgIpc) is 2.39. The van der Waals surface area contributed by atoms with E-state index in [9.17, 15) is 0 Å². The van der Waals surface area contributed by atoms with E-state index in [1.807, 2.05) is 42.5 Å². The number of hydrogen-bond donors (Lipinski definition) is 1. The van der Waals surface area contributed by atoms with Crippen molar-refractivity contribution in [1.29, 1.82) is 10.5 Å². The SMILES string of the molecule is CCCCNC(=C(C#N)C#N)c1ccccc1. The van der Waals surface area contributed by atoms with Crippen LogP contribution in [0.5, 0.6) is 0 Å². The van der Waals surface area contributed by atoms with Crippen LogP contribution in [-0.4, -0.2) is 6.54 Å². The fraction of sp³-hybridized carbons (Fsp3) is 0.286. The lowest BCUT2D eigenvalue weighted by atomic mass is 10.1. The minimum atomic E-state index is 0.132. The van der Waals surface area contributed by atoms with Crippen LogP contribution in [0.15, 0.2) is 35.9 Å². The first kappa shape index (κ1) is 12.8. The lowest BCUT2D eigenvalue weighted by Gasteiger charge is -2.10. The molecular formula is C14H15N3. The Labute approximate surface area is 102 Å². The molecule has 0 aliphatic rings. The summed E-state index contributed by atoms with van der Waals surface area (Å²) < 4.78 is 0. The zero-order valence-electron chi connectivity index (χ0n) is 9.90. The lowest BCUT2D eigenvalue weighted by Crippen LogP contribution is -2.15. The van der Waals surface area contributed by atoms with E-state index in [0.29, 0.717) is 5.70 Å². The third kappa shape index (κ3) is 3.66. The molecule has 3 heteroatoms. The van der Waals surface area contributed by atoms with Crippen LogP contribution < -0.4 is 5.32 Å². The number of benzene rings is 1. The molecule has 17 heavy (non-hydrogen) atoms. The zero-order valence-corrected chi connectivity index (χ0v) is 9.90. The van der Waals surface area contributed by atoms with Gasteiger partial charge in [-0.15, -0.1) is 0 Å². The molecule has 0 aliphatic heterocycles. The van der Waals surface area contributed by atoms with Crippen molar-refractivity contribution in [3.8, 4) is 12.1 Å². The van der Waals surface area contributed by atoms with Crippen molar-refractivity contribution in [2.75, 3.05) is 6.54 Å². The molecule has 0 bridgehead atoms. The van der Waals surface area contributed by atoms with Gasteiger partial charge in [-0.25, -0.2) is 0 Å². The molecule has 0 aromatic heterocycles. The van der Waals surface area contributed by atoms with Crippen LogP contribution in [0.3, 0.4) is 0 Å². The number of allylic oxidation sites excluding steroid dienone is 1. The Hall–Kier alpha value is -2.26. The topological polar surface area (TPSA) is 59.6 Å². The van der Waals surface area contributed by atoms with Gasteiger partial charge < -0.3 is 5.32 Å². The normalized spacial score (nSPS) is 8.88. The predicted octanol–water partition coefficient (Wildman–Crippen LogP) is 2.83. The Morgan fingerprint density at radius 3 is 2.35 bits per heavy atom. The summed E-state index contributed by atoms with van der Waals surface area (Å²) in [6, 6.07) is 13.3. The van der Waals surface area contributed by atoms with E-state index in [1.165, 1.54) is 0 Å². The van der Waals surface area contributed by atoms with E-state index in [-0.39, 0.29) is 5.57 Å². The van der Waals surface area contributed by atoms with Crippen LogP contribution in [0.2, 0.25) is 0 Å². The number of rotatable bonds is 5. The minimum Gasteiger partial charge on any atom is -0.383 e. The zero-order chi connectivity index (χ0) is 12.5. The standard InChI is InChI=1S/C14H15N3/c1-2-3-9-17-14(13(10-15)11-16)12-7-5-4-6-8-12/h4-8,17H,2-3,9H2,1H3. The van der Waals surface area contributed by atoms with Gasteiger partial charge in [0.05, 0.1) is 5.70 Å². The Morgan fingerprint density at radius 1 is 1.18 bits per heavy atom. The van der Waals surface area contributed by atoms with Crippen molar-refractivity contribution in [2.24, 2.45) is 0 Å². The third-order valence-corrected chi connectivity index (χ3v) is 2.37. The molecule has 0 amide bonds. The van der Waals surface area contributed by atoms with Crippen molar-refractivity contribution in [1.82, 2.24) is 5.32 Å². The lowest BCUT2D eigenvalue weighted by molar-refractivity contribution is 0.744. The fourth-order valence-electron chi connectivity index (χ4n) is 1.47. The number of unbranched alkanes of at least 4 members (excludes halogenated alkanes) is 1. The first-order chi connectivity index (χ1) is 8.33. The van der Waals surface area contributed by atoms with Gasteiger partial charge >= 0.3 is 0 Å². The summed E-state index contributed by atoms with van der Waals surface area (Å²) in [5, 5.41) is 21.1. The first-order valence-corrected chi connectivity index (χ1v) is 5.67. The van der Waals surface area contributed by atoms with E-state index < -0.39 is 0 Å². The predicted molar refractivity (Wildman–Crippen MR) is 67.5 cm³/mol. The van der Waals surface area contributed by atoms with Crippen LogP contribution in [0.4, 0.5) is 0 Å². The monoisotopic (exact) mass is 225 g/mol. The molecule has 1 aromatic rings.